The Balaban J connectivity index is 1.53. The summed E-state index contributed by atoms with van der Waals surface area (Å²) in [5.41, 5.74) is 6.73. The molecule has 1 aromatic heterocycles. The van der Waals surface area contributed by atoms with Crippen molar-refractivity contribution in [2.45, 2.75) is 31.2 Å². The van der Waals surface area contributed by atoms with Crippen LogP contribution in [0.3, 0.4) is 0 Å². The first-order valence-corrected chi connectivity index (χ1v) is 9.53. The Kier molecular flexibility index (Phi) is 4.39. The van der Waals surface area contributed by atoms with Gasteiger partial charge in [0.25, 0.3) is 5.91 Å². The van der Waals surface area contributed by atoms with Crippen LogP contribution in [-0.2, 0) is 0 Å². The summed E-state index contributed by atoms with van der Waals surface area (Å²) in [6, 6.07) is 9.75. The summed E-state index contributed by atoms with van der Waals surface area (Å²) in [6.45, 7) is 1.65. The summed E-state index contributed by atoms with van der Waals surface area (Å²) in [5.74, 6) is 1.51. The third-order valence-corrected chi connectivity index (χ3v) is 6.12. The quantitative estimate of drug-likeness (QED) is 0.880. The number of ether oxygens (including phenoxy) is 2. The second-order valence-electron chi connectivity index (χ2n) is 6.67. The van der Waals surface area contributed by atoms with E-state index in [9.17, 15) is 4.79 Å². The second kappa shape index (κ2) is 6.69. The topological polar surface area (TPSA) is 73.6 Å². The van der Waals surface area contributed by atoms with Crippen molar-refractivity contribution in [2.75, 3.05) is 19.8 Å². The molecule has 2 aliphatic rings. The Labute approximate surface area is 151 Å². The normalized spacial score (nSPS) is 18.1. The Morgan fingerprint density at radius 1 is 1.12 bits per heavy atom. The number of nitrogens with one attached hydrogen (secondary N) is 1. The van der Waals surface area contributed by atoms with Crippen molar-refractivity contribution >= 4 is 17.2 Å². The van der Waals surface area contributed by atoms with Crippen molar-refractivity contribution in [3.63, 3.8) is 0 Å². The predicted molar refractivity (Wildman–Crippen MR) is 98.5 cm³/mol. The molecular weight excluding hydrogens is 336 g/mol. The lowest BCUT2D eigenvalue weighted by atomic mass is 9.98. The SMILES string of the molecule is NCC1(NC(=O)c2ccc(-c3ccc4c(c3)OCCO4)s2)CCCC1. The zero-order valence-corrected chi connectivity index (χ0v) is 14.9. The van der Waals surface area contributed by atoms with Gasteiger partial charge >= 0.3 is 0 Å². The monoisotopic (exact) mass is 358 g/mol. The number of benzene rings is 1. The molecule has 2 aromatic rings. The molecule has 25 heavy (non-hydrogen) atoms. The molecule has 4 rings (SSSR count). The fourth-order valence-electron chi connectivity index (χ4n) is 3.55. The lowest BCUT2D eigenvalue weighted by Crippen LogP contribution is -2.51. The van der Waals surface area contributed by atoms with Crippen LogP contribution < -0.4 is 20.5 Å². The third kappa shape index (κ3) is 3.24. The van der Waals surface area contributed by atoms with Gasteiger partial charge in [-0.05, 0) is 48.7 Å². The minimum Gasteiger partial charge on any atom is -0.486 e. The molecule has 0 saturated heterocycles. The highest BCUT2D eigenvalue weighted by molar-refractivity contribution is 7.17. The number of fused-ring (bicyclic) bond motifs is 1. The molecule has 0 unspecified atom stereocenters. The molecule has 0 radical (unpaired) electrons. The first-order valence-electron chi connectivity index (χ1n) is 8.72. The molecule has 1 saturated carbocycles. The number of rotatable bonds is 4. The molecule has 1 aromatic carbocycles. The molecule has 1 aliphatic carbocycles. The summed E-state index contributed by atoms with van der Waals surface area (Å²) < 4.78 is 11.2. The van der Waals surface area contributed by atoms with Crippen LogP contribution in [0.5, 0.6) is 11.5 Å². The minimum atomic E-state index is -0.224. The van der Waals surface area contributed by atoms with Crippen LogP contribution in [0.4, 0.5) is 0 Å². The number of hydrogen-bond donors (Lipinski definition) is 2. The van der Waals surface area contributed by atoms with E-state index >= 15 is 0 Å². The van der Waals surface area contributed by atoms with Gasteiger partial charge in [-0.25, -0.2) is 0 Å². The first-order chi connectivity index (χ1) is 12.2. The van der Waals surface area contributed by atoms with Crippen molar-refractivity contribution < 1.29 is 14.3 Å². The maximum Gasteiger partial charge on any atom is 0.261 e. The zero-order chi connectivity index (χ0) is 17.3. The van der Waals surface area contributed by atoms with Gasteiger partial charge < -0.3 is 20.5 Å². The Morgan fingerprint density at radius 2 is 1.88 bits per heavy atom. The van der Waals surface area contributed by atoms with Crippen molar-refractivity contribution in [2.24, 2.45) is 5.73 Å². The average Bonchev–Trinajstić information content (AvgIpc) is 3.31. The van der Waals surface area contributed by atoms with Crippen molar-refractivity contribution in [3.8, 4) is 21.9 Å². The van der Waals surface area contributed by atoms with Gasteiger partial charge in [0.1, 0.15) is 13.2 Å². The van der Waals surface area contributed by atoms with Gasteiger partial charge in [0.05, 0.1) is 10.4 Å². The van der Waals surface area contributed by atoms with E-state index in [-0.39, 0.29) is 11.4 Å². The van der Waals surface area contributed by atoms with Gasteiger partial charge in [0.2, 0.25) is 0 Å². The number of amides is 1. The largest absolute Gasteiger partial charge is 0.486 e. The van der Waals surface area contributed by atoms with Gasteiger partial charge in [-0.3, -0.25) is 4.79 Å². The fraction of sp³-hybridized carbons (Fsp3) is 0.421. The molecule has 0 bridgehead atoms. The van der Waals surface area contributed by atoms with E-state index in [2.05, 4.69) is 5.32 Å². The Morgan fingerprint density at radius 3 is 2.64 bits per heavy atom. The number of nitrogens with two attached hydrogens (primary N) is 1. The molecular formula is C19H22N2O3S. The van der Waals surface area contributed by atoms with Gasteiger partial charge in [0.15, 0.2) is 11.5 Å². The lowest BCUT2D eigenvalue weighted by Gasteiger charge is -2.28. The molecule has 1 fully saturated rings. The standard InChI is InChI=1S/C19H22N2O3S/c20-12-19(7-1-2-8-19)21-18(22)17-6-5-16(25-17)13-3-4-14-15(11-13)24-10-9-23-14/h3-6,11H,1-2,7-10,12,20H2,(H,21,22). The van der Waals surface area contributed by atoms with Gasteiger partial charge in [-0.1, -0.05) is 12.8 Å². The molecule has 1 aliphatic heterocycles. The zero-order valence-electron chi connectivity index (χ0n) is 14.0. The van der Waals surface area contributed by atoms with Crippen LogP contribution in [0.15, 0.2) is 30.3 Å². The predicted octanol–water partition coefficient (Wildman–Crippen LogP) is 3.19. The van der Waals surface area contributed by atoms with E-state index in [1.54, 1.807) is 0 Å². The average molecular weight is 358 g/mol. The first kappa shape index (κ1) is 16.4. The molecule has 3 N–H and O–H groups in total. The highest BCUT2D eigenvalue weighted by Crippen LogP contribution is 2.37. The van der Waals surface area contributed by atoms with E-state index in [4.69, 9.17) is 15.2 Å². The molecule has 5 nitrogen and oxygen atoms in total. The molecule has 2 heterocycles. The second-order valence-corrected chi connectivity index (χ2v) is 7.75. The van der Waals surface area contributed by atoms with E-state index in [0.717, 1.165) is 47.6 Å². The van der Waals surface area contributed by atoms with Crippen LogP contribution in [0.1, 0.15) is 35.4 Å². The summed E-state index contributed by atoms with van der Waals surface area (Å²) >= 11 is 1.49. The summed E-state index contributed by atoms with van der Waals surface area (Å²) in [4.78, 5) is 14.4. The highest BCUT2D eigenvalue weighted by Gasteiger charge is 2.34. The molecule has 1 amide bonds. The van der Waals surface area contributed by atoms with Gasteiger partial charge in [-0.15, -0.1) is 11.3 Å². The maximum absolute atomic E-state index is 12.6. The van der Waals surface area contributed by atoms with Crippen molar-refractivity contribution in [3.05, 3.63) is 35.2 Å². The van der Waals surface area contributed by atoms with Crippen LogP contribution >= 0.6 is 11.3 Å². The van der Waals surface area contributed by atoms with Crippen LogP contribution in [0, 0.1) is 0 Å². The van der Waals surface area contributed by atoms with Crippen LogP contribution in [0.25, 0.3) is 10.4 Å². The lowest BCUT2D eigenvalue weighted by molar-refractivity contribution is 0.0907. The summed E-state index contributed by atoms with van der Waals surface area (Å²) in [5, 5.41) is 3.17. The number of carbonyl (C=O) groups excluding carboxylic acids is 1. The highest BCUT2D eigenvalue weighted by atomic mass is 32.1. The number of thiophene rings is 1. The summed E-state index contributed by atoms with van der Waals surface area (Å²) in [7, 11) is 0. The van der Waals surface area contributed by atoms with Gasteiger partial charge in [-0.2, -0.15) is 0 Å². The van der Waals surface area contributed by atoms with E-state index in [0.29, 0.717) is 24.6 Å². The molecule has 0 spiro atoms. The maximum atomic E-state index is 12.6. The molecule has 0 atom stereocenters. The van der Waals surface area contributed by atoms with Crippen molar-refractivity contribution in [1.29, 1.82) is 0 Å². The van der Waals surface area contributed by atoms with Crippen LogP contribution in [0.2, 0.25) is 0 Å². The minimum absolute atomic E-state index is 0.0267. The Hall–Kier alpha value is -2.05. The fourth-order valence-corrected chi connectivity index (χ4v) is 4.44. The van der Waals surface area contributed by atoms with Crippen molar-refractivity contribution in [1.82, 2.24) is 5.32 Å². The third-order valence-electron chi connectivity index (χ3n) is 4.99. The van der Waals surface area contributed by atoms with E-state index in [1.807, 2.05) is 30.3 Å². The number of hydrogen-bond acceptors (Lipinski definition) is 5. The Bertz CT molecular complexity index is 781. The van der Waals surface area contributed by atoms with E-state index in [1.165, 1.54) is 11.3 Å². The summed E-state index contributed by atoms with van der Waals surface area (Å²) in [6.07, 6.45) is 4.19. The van der Waals surface area contributed by atoms with Crippen LogP contribution in [-0.4, -0.2) is 31.2 Å². The number of carbonyl (C=O) groups is 1. The molecule has 6 heteroatoms. The smallest absolute Gasteiger partial charge is 0.261 e. The molecule has 132 valence electrons. The van der Waals surface area contributed by atoms with Gasteiger partial charge in [0, 0.05) is 11.4 Å². The van der Waals surface area contributed by atoms with E-state index < -0.39 is 0 Å².